The molecule has 15 heteroatoms. The van der Waals surface area contributed by atoms with Crippen molar-refractivity contribution in [1.29, 1.82) is 0 Å². The Bertz CT molecular complexity index is 665. The molecular weight excluding hydrogens is 418 g/mol. The maximum Gasteiger partial charge on any atom is 0.490 e. The highest BCUT2D eigenvalue weighted by Gasteiger charge is 2.38. The summed E-state index contributed by atoms with van der Waals surface area (Å²) in [6, 6.07) is 4.07. The maximum absolute atomic E-state index is 11.2. The lowest BCUT2D eigenvalue weighted by molar-refractivity contribution is -0.193. The molecule has 0 atom stereocenters. The van der Waals surface area contributed by atoms with Gasteiger partial charge in [0.2, 0.25) is 0 Å². The zero-order chi connectivity index (χ0) is 22.8. The molecule has 0 saturated carbocycles. The van der Waals surface area contributed by atoms with E-state index in [1.165, 1.54) is 0 Å². The quantitative estimate of drug-likeness (QED) is 0.446. The van der Waals surface area contributed by atoms with Crippen LogP contribution in [0.1, 0.15) is 10.5 Å². The van der Waals surface area contributed by atoms with E-state index in [0.717, 1.165) is 18.8 Å². The predicted molar refractivity (Wildman–Crippen MR) is 85.3 cm³/mol. The summed E-state index contributed by atoms with van der Waals surface area (Å²) < 4.78 is 63.5. The van der Waals surface area contributed by atoms with Gasteiger partial charge in [0, 0.05) is 20.1 Å². The first-order valence-electron chi connectivity index (χ1n) is 7.44. The molecule has 1 fully saturated rings. The molecule has 1 aliphatic heterocycles. The number of rotatable bonds is 3. The molecule has 1 aromatic heterocycles. The smallest absolute Gasteiger partial charge is 0.475 e. The lowest BCUT2D eigenvalue weighted by Gasteiger charge is -2.28. The molecule has 1 aliphatic rings. The van der Waals surface area contributed by atoms with Crippen LogP contribution in [0.15, 0.2) is 18.3 Å². The highest BCUT2D eigenvalue weighted by Crippen LogP contribution is 2.13. The van der Waals surface area contributed by atoms with E-state index in [1.54, 1.807) is 19.3 Å². The van der Waals surface area contributed by atoms with Gasteiger partial charge in [-0.05, 0) is 12.1 Å². The molecule has 5 N–H and O–H groups in total. The van der Waals surface area contributed by atoms with Crippen LogP contribution in [0.3, 0.4) is 0 Å². The summed E-state index contributed by atoms with van der Waals surface area (Å²) in [5.74, 6) is -5.67. The van der Waals surface area contributed by atoms with Gasteiger partial charge in [-0.2, -0.15) is 26.3 Å². The summed E-state index contributed by atoms with van der Waals surface area (Å²) in [6.07, 6.45) is -8.48. The molecule has 2 heterocycles. The fourth-order valence-corrected chi connectivity index (χ4v) is 1.37. The fourth-order valence-electron chi connectivity index (χ4n) is 1.37. The van der Waals surface area contributed by atoms with Crippen molar-refractivity contribution in [2.75, 3.05) is 25.5 Å². The predicted octanol–water partition coefficient (Wildman–Crippen LogP) is 1.09. The highest BCUT2D eigenvalue weighted by molar-refractivity contribution is 5.92. The Morgan fingerprint density at radius 3 is 1.72 bits per heavy atom. The van der Waals surface area contributed by atoms with Crippen LogP contribution in [-0.2, 0) is 9.59 Å². The minimum absolute atomic E-state index is 0.160. The number of carbonyl (C=O) groups is 3. The van der Waals surface area contributed by atoms with Crippen molar-refractivity contribution in [1.82, 2.24) is 15.6 Å². The molecule has 29 heavy (non-hydrogen) atoms. The largest absolute Gasteiger partial charge is 0.490 e. The van der Waals surface area contributed by atoms with Crippen LogP contribution in [0.5, 0.6) is 0 Å². The van der Waals surface area contributed by atoms with E-state index in [0.29, 0.717) is 11.7 Å². The van der Waals surface area contributed by atoms with Crippen LogP contribution >= 0.6 is 0 Å². The topological polar surface area (TPSA) is 141 Å². The number of hydrogen-bond acceptors (Lipinski definition) is 6. The number of aromatic nitrogens is 1. The molecule has 1 aromatic rings. The first kappa shape index (κ1) is 25.9. The van der Waals surface area contributed by atoms with Crippen molar-refractivity contribution in [3.8, 4) is 0 Å². The Labute approximate surface area is 159 Å². The lowest BCUT2D eigenvalue weighted by Crippen LogP contribution is -2.51. The summed E-state index contributed by atoms with van der Waals surface area (Å²) >= 11 is 0. The molecule has 9 nitrogen and oxygen atoms in total. The Morgan fingerprint density at radius 2 is 1.48 bits per heavy atom. The second-order valence-electron chi connectivity index (χ2n) is 5.12. The van der Waals surface area contributed by atoms with E-state index in [2.05, 4.69) is 20.9 Å². The third-order valence-electron chi connectivity index (χ3n) is 2.86. The van der Waals surface area contributed by atoms with Crippen molar-refractivity contribution >= 4 is 23.5 Å². The number of anilines is 1. The van der Waals surface area contributed by atoms with Crippen molar-refractivity contribution in [3.63, 3.8) is 0 Å². The average Bonchev–Trinajstić information content (AvgIpc) is 2.57. The van der Waals surface area contributed by atoms with Gasteiger partial charge < -0.3 is 26.2 Å². The highest BCUT2D eigenvalue weighted by atomic mass is 19.4. The number of alkyl halides is 6. The molecule has 164 valence electrons. The third kappa shape index (κ3) is 10.7. The van der Waals surface area contributed by atoms with Gasteiger partial charge in [-0.3, -0.25) is 4.79 Å². The molecule has 2 rings (SSSR count). The lowest BCUT2D eigenvalue weighted by atomic mass is 10.2. The zero-order valence-electron chi connectivity index (χ0n) is 14.6. The van der Waals surface area contributed by atoms with Gasteiger partial charge in [-0.15, -0.1) is 0 Å². The van der Waals surface area contributed by atoms with Gasteiger partial charge in [0.1, 0.15) is 5.69 Å². The summed E-state index contributed by atoms with van der Waals surface area (Å²) in [5.41, 5.74) is 1.39. The maximum atomic E-state index is 11.2. The first-order chi connectivity index (χ1) is 13.2. The molecule has 0 aromatic carbocycles. The second-order valence-corrected chi connectivity index (χ2v) is 5.12. The number of amides is 1. The minimum atomic E-state index is -5.08. The molecule has 1 amide bonds. The number of carboxylic acid groups (broad SMARTS) is 2. The standard InChI is InChI=1S/C10H14N4O.2C2HF3O2/c1-11-10(15)9-3-2-7(6-13-9)14-8-4-12-5-8;2*3-2(4,5)1(6)7/h2-3,6,8,12,14H,4-5H2,1H3,(H,11,15);2*(H,6,7). The molecule has 0 bridgehead atoms. The molecule has 0 aliphatic carbocycles. The van der Waals surface area contributed by atoms with Crippen molar-refractivity contribution in [3.05, 3.63) is 24.0 Å². The SMILES string of the molecule is CNC(=O)c1ccc(NC2CNC2)cn1.O=C(O)C(F)(F)F.O=C(O)C(F)(F)F. The van der Waals surface area contributed by atoms with Gasteiger partial charge >= 0.3 is 24.3 Å². The van der Waals surface area contributed by atoms with Gasteiger partial charge in [0.25, 0.3) is 5.91 Å². The first-order valence-corrected chi connectivity index (χ1v) is 7.44. The Kier molecular flexibility index (Phi) is 9.86. The number of halogens is 6. The van der Waals surface area contributed by atoms with Crippen LogP contribution < -0.4 is 16.0 Å². The molecule has 0 spiro atoms. The summed E-state index contributed by atoms with van der Waals surface area (Å²) in [4.78, 5) is 33.1. The van der Waals surface area contributed by atoms with Crippen LogP contribution in [-0.4, -0.2) is 71.6 Å². The molecule has 0 unspecified atom stereocenters. The monoisotopic (exact) mass is 434 g/mol. The normalized spacial score (nSPS) is 13.5. The number of nitrogens with one attached hydrogen (secondary N) is 3. The summed E-state index contributed by atoms with van der Waals surface area (Å²) in [7, 11) is 1.59. The van der Waals surface area contributed by atoms with Gasteiger partial charge in [0.15, 0.2) is 0 Å². The van der Waals surface area contributed by atoms with Crippen LogP contribution in [0.4, 0.5) is 32.0 Å². The summed E-state index contributed by atoms with van der Waals surface area (Å²) in [6.45, 7) is 1.97. The van der Waals surface area contributed by atoms with Crippen molar-refractivity contribution < 1.29 is 50.9 Å². The number of hydrogen-bond donors (Lipinski definition) is 5. The zero-order valence-corrected chi connectivity index (χ0v) is 14.6. The number of pyridine rings is 1. The number of nitrogens with zero attached hydrogens (tertiary/aromatic N) is 1. The number of aliphatic carboxylic acids is 2. The van der Waals surface area contributed by atoms with E-state index in [4.69, 9.17) is 19.8 Å². The number of carbonyl (C=O) groups excluding carboxylic acids is 1. The summed E-state index contributed by atoms with van der Waals surface area (Å²) in [5, 5.41) is 23.3. The molecule has 1 saturated heterocycles. The van der Waals surface area contributed by atoms with E-state index < -0.39 is 24.3 Å². The van der Waals surface area contributed by atoms with E-state index in [-0.39, 0.29) is 5.91 Å². The Morgan fingerprint density at radius 1 is 1.03 bits per heavy atom. The van der Waals surface area contributed by atoms with Crippen LogP contribution in [0, 0.1) is 0 Å². The van der Waals surface area contributed by atoms with Crippen molar-refractivity contribution in [2.45, 2.75) is 18.4 Å². The minimum Gasteiger partial charge on any atom is -0.475 e. The van der Waals surface area contributed by atoms with Gasteiger partial charge in [-0.25, -0.2) is 14.6 Å². The Balaban J connectivity index is 0.000000473. The van der Waals surface area contributed by atoms with Crippen molar-refractivity contribution in [2.24, 2.45) is 0 Å². The van der Waals surface area contributed by atoms with Gasteiger partial charge in [0.05, 0.1) is 17.9 Å². The average molecular weight is 434 g/mol. The van der Waals surface area contributed by atoms with Gasteiger partial charge in [-0.1, -0.05) is 0 Å². The van der Waals surface area contributed by atoms with Crippen LogP contribution in [0.25, 0.3) is 0 Å². The third-order valence-corrected chi connectivity index (χ3v) is 2.86. The number of carboxylic acids is 2. The Hall–Kier alpha value is -3.10. The molecular formula is C14H16F6N4O5. The second kappa shape index (κ2) is 11.0. The van der Waals surface area contributed by atoms with E-state index in [1.807, 2.05) is 6.07 Å². The van der Waals surface area contributed by atoms with Crippen LogP contribution in [0.2, 0.25) is 0 Å². The van der Waals surface area contributed by atoms with E-state index >= 15 is 0 Å². The van der Waals surface area contributed by atoms with E-state index in [9.17, 15) is 31.1 Å². The molecule has 0 radical (unpaired) electrons. The fraction of sp³-hybridized carbons (Fsp3) is 0.429.